The van der Waals surface area contributed by atoms with Crippen LogP contribution in [0.25, 0.3) is 0 Å². The monoisotopic (exact) mass is 441 g/mol. The van der Waals surface area contributed by atoms with Crippen LogP contribution < -0.4 is 18.9 Å². The summed E-state index contributed by atoms with van der Waals surface area (Å²) in [5.74, 6) is 3.13. The van der Waals surface area contributed by atoms with Gasteiger partial charge in [0.1, 0.15) is 0 Å². The Morgan fingerprint density at radius 2 is 1.47 bits per heavy atom. The minimum Gasteiger partial charge on any atom is -0.493 e. The summed E-state index contributed by atoms with van der Waals surface area (Å²) in [6.45, 7) is 8.03. The summed E-state index contributed by atoms with van der Waals surface area (Å²) in [4.78, 5) is 2.50. The maximum absolute atomic E-state index is 6.36. The molecule has 2 heterocycles. The second-order valence-electron chi connectivity index (χ2n) is 9.27. The molecule has 2 aliphatic heterocycles. The molecule has 1 unspecified atom stereocenters. The molecule has 0 saturated carbocycles. The van der Waals surface area contributed by atoms with E-state index >= 15 is 0 Å². The third-order valence-corrected chi connectivity index (χ3v) is 6.78. The lowest BCUT2D eigenvalue weighted by molar-refractivity contribution is -0.00395. The summed E-state index contributed by atoms with van der Waals surface area (Å²) in [7, 11) is 6.75. The highest BCUT2D eigenvalue weighted by Crippen LogP contribution is 2.44. The third-order valence-electron chi connectivity index (χ3n) is 6.78. The molecule has 0 saturated heterocycles. The summed E-state index contributed by atoms with van der Waals surface area (Å²) in [6, 6.07) is 8.46. The first-order valence-electron chi connectivity index (χ1n) is 11.2. The molecule has 0 aromatic heterocycles. The molecule has 4 rings (SSSR count). The number of fused-ring (bicyclic) bond motifs is 2. The van der Waals surface area contributed by atoms with Gasteiger partial charge in [-0.2, -0.15) is 0 Å². The van der Waals surface area contributed by atoms with Gasteiger partial charge in [-0.1, -0.05) is 13.8 Å². The Bertz CT molecular complexity index is 971. The predicted octanol–water partition coefficient (Wildman–Crippen LogP) is 4.52. The molecule has 0 aliphatic carbocycles. The van der Waals surface area contributed by atoms with Crippen LogP contribution in [0.3, 0.4) is 0 Å². The number of hydrogen-bond acceptors (Lipinski definition) is 6. The minimum absolute atomic E-state index is 0.0460. The van der Waals surface area contributed by atoms with Gasteiger partial charge in [-0.05, 0) is 59.4 Å². The van der Waals surface area contributed by atoms with E-state index in [0.717, 1.165) is 55.5 Å². The highest BCUT2D eigenvalue weighted by Gasteiger charge is 2.35. The first kappa shape index (κ1) is 22.7. The summed E-state index contributed by atoms with van der Waals surface area (Å²) in [5, 5.41) is 0. The Kier molecular flexibility index (Phi) is 6.54. The molecule has 2 aliphatic rings. The third kappa shape index (κ3) is 4.26. The summed E-state index contributed by atoms with van der Waals surface area (Å²) < 4.78 is 28.5. The van der Waals surface area contributed by atoms with Gasteiger partial charge in [0, 0.05) is 25.0 Å². The fourth-order valence-corrected chi connectivity index (χ4v) is 4.89. The zero-order valence-corrected chi connectivity index (χ0v) is 20.1. The number of methoxy groups -OCH3 is 4. The average molecular weight is 442 g/mol. The van der Waals surface area contributed by atoms with Crippen LogP contribution >= 0.6 is 0 Å². The van der Waals surface area contributed by atoms with Crippen LogP contribution in [0.15, 0.2) is 24.3 Å². The average Bonchev–Trinajstić information content (AvgIpc) is 2.81. The Hall–Kier alpha value is -2.44. The molecular weight excluding hydrogens is 406 g/mol. The van der Waals surface area contributed by atoms with E-state index in [9.17, 15) is 0 Å². The normalized spacial score (nSPS) is 19.6. The molecule has 0 spiro atoms. The molecule has 174 valence electrons. The van der Waals surface area contributed by atoms with Gasteiger partial charge in [-0.15, -0.1) is 0 Å². The van der Waals surface area contributed by atoms with Crippen molar-refractivity contribution in [1.82, 2.24) is 4.90 Å². The molecule has 2 aromatic carbocycles. The van der Waals surface area contributed by atoms with Crippen LogP contribution in [0.5, 0.6) is 23.0 Å². The van der Waals surface area contributed by atoms with Crippen molar-refractivity contribution in [3.05, 3.63) is 46.5 Å². The van der Waals surface area contributed by atoms with Crippen LogP contribution in [-0.2, 0) is 23.1 Å². The smallest absolute Gasteiger partial charge is 0.161 e. The number of nitrogens with zero attached hydrogens (tertiary/aromatic N) is 1. The molecule has 6 heteroatoms. The number of rotatable bonds is 7. The van der Waals surface area contributed by atoms with E-state index in [4.69, 9.17) is 23.7 Å². The largest absolute Gasteiger partial charge is 0.493 e. The molecule has 2 aromatic rings. The number of benzene rings is 2. The SMILES string of the molecule is COc1cc2c(cc1OC)CN(CCC1OCC(C)(C)c3cc(OC)c(OC)cc31)CC2. The lowest BCUT2D eigenvalue weighted by Gasteiger charge is -2.39. The van der Waals surface area contributed by atoms with Crippen molar-refractivity contribution in [2.45, 2.75) is 44.8 Å². The van der Waals surface area contributed by atoms with Gasteiger partial charge in [-0.3, -0.25) is 4.90 Å². The number of ether oxygens (including phenoxy) is 5. The molecular formula is C26H35NO5. The molecule has 0 fully saturated rings. The minimum atomic E-state index is -0.0644. The van der Waals surface area contributed by atoms with Crippen molar-refractivity contribution >= 4 is 0 Å². The Labute approximate surface area is 191 Å². The van der Waals surface area contributed by atoms with E-state index in [1.54, 1.807) is 28.4 Å². The maximum atomic E-state index is 6.36. The molecule has 0 bridgehead atoms. The van der Waals surface area contributed by atoms with Crippen LogP contribution in [0.4, 0.5) is 0 Å². The van der Waals surface area contributed by atoms with Gasteiger partial charge in [0.05, 0.1) is 41.2 Å². The lowest BCUT2D eigenvalue weighted by atomic mass is 9.78. The van der Waals surface area contributed by atoms with Crippen molar-refractivity contribution < 1.29 is 23.7 Å². The van der Waals surface area contributed by atoms with Gasteiger partial charge < -0.3 is 23.7 Å². The first-order valence-corrected chi connectivity index (χ1v) is 11.2. The van der Waals surface area contributed by atoms with E-state index in [-0.39, 0.29) is 11.5 Å². The lowest BCUT2D eigenvalue weighted by Crippen LogP contribution is -2.36. The molecule has 0 N–H and O–H groups in total. The van der Waals surface area contributed by atoms with Crippen LogP contribution in [0.2, 0.25) is 0 Å². The van der Waals surface area contributed by atoms with Gasteiger partial charge in [0.15, 0.2) is 23.0 Å². The quantitative estimate of drug-likeness (QED) is 0.630. The highest BCUT2D eigenvalue weighted by molar-refractivity contribution is 5.51. The zero-order chi connectivity index (χ0) is 22.9. The summed E-state index contributed by atoms with van der Waals surface area (Å²) >= 11 is 0. The molecule has 6 nitrogen and oxygen atoms in total. The second kappa shape index (κ2) is 9.20. The van der Waals surface area contributed by atoms with Gasteiger partial charge >= 0.3 is 0 Å². The topological polar surface area (TPSA) is 49.4 Å². The van der Waals surface area contributed by atoms with Crippen molar-refractivity contribution in [1.29, 1.82) is 0 Å². The van der Waals surface area contributed by atoms with Crippen LogP contribution in [0.1, 0.15) is 48.6 Å². The molecule has 32 heavy (non-hydrogen) atoms. The van der Waals surface area contributed by atoms with E-state index in [0.29, 0.717) is 6.61 Å². The van der Waals surface area contributed by atoms with Crippen molar-refractivity contribution in [2.75, 3.05) is 48.1 Å². The Morgan fingerprint density at radius 3 is 2.12 bits per heavy atom. The maximum Gasteiger partial charge on any atom is 0.161 e. The fourth-order valence-electron chi connectivity index (χ4n) is 4.89. The summed E-state index contributed by atoms with van der Waals surface area (Å²) in [6.07, 6.45) is 1.99. The fraction of sp³-hybridized carbons (Fsp3) is 0.538. The highest BCUT2D eigenvalue weighted by atomic mass is 16.5. The van der Waals surface area contributed by atoms with E-state index in [1.165, 1.54) is 22.3 Å². The van der Waals surface area contributed by atoms with Crippen molar-refractivity contribution in [3.63, 3.8) is 0 Å². The molecule has 1 atom stereocenters. The van der Waals surface area contributed by atoms with E-state index in [1.807, 2.05) is 0 Å². The molecule has 0 amide bonds. The van der Waals surface area contributed by atoms with Gasteiger partial charge in [0.2, 0.25) is 0 Å². The van der Waals surface area contributed by atoms with Crippen LogP contribution in [-0.4, -0.2) is 53.0 Å². The Balaban J connectivity index is 1.51. The standard InChI is InChI=1S/C26H35NO5/c1-26(2)16-32-21(19-13-24(30-5)25(31-6)14-20(19)26)8-10-27-9-7-17-11-22(28-3)23(29-4)12-18(17)15-27/h11-14,21H,7-10,15-16H2,1-6H3. The van der Waals surface area contributed by atoms with E-state index < -0.39 is 0 Å². The summed E-state index contributed by atoms with van der Waals surface area (Å²) in [5.41, 5.74) is 5.09. The van der Waals surface area contributed by atoms with Crippen molar-refractivity contribution in [3.8, 4) is 23.0 Å². The van der Waals surface area contributed by atoms with Gasteiger partial charge in [-0.25, -0.2) is 0 Å². The molecule has 0 radical (unpaired) electrons. The zero-order valence-electron chi connectivity index (χ0n) is 20.1. The predicted molar refractivity (Wildman–Crippen MR) is 124 cm³/mol. The number of hydrogen-bond donors (Lipinski definition) is 0. The Morgan fingerprint density at radius 1 is 0.875 bits per heavy atom. The van der Waals surface area contributed by atoms with Crippen LogP contribution in [0, 0.1) is 0 Å². The van der Waals surface area contributed by atoms with Crippen molar-refractivity contribution in [2.24, 2.45) is 0 Å². The second-order valence-corrected chi connectivity index (χ2v) is 9.27. The van der Waals surface area contributed by atoms with Gasteiger partial charge in [0.25, 0.3) is 0 Å². The van der Waals surface area contributed by atoms with E-state index in [2.05, 4.69) is 43.0 Å². The first-order chi connectivity index (χ1) is 15.4.